The predicted octanol–water partition coefficient (Wildman–Crippen LogP) is 0.857. The van der Waals surface area contributed by atoms with Gasteiger partial charge in [-0.2, -0.15) is 5.10 Å². The number of aryl methyl sites for hydroxylation is 1. The van der Waals surface area contributed by atoms with Crippen LogP contribution < -0.4 is 5.73 Å². The first-order valence-corrected chi connectivity index (χ1v) is 7.29. The van der Waals surface area contributed by atoms with E-state index in [0.29, 0.717) is 5.56 Å². The number of carbonyl (C=O) groups excluding carboxylic acids is 1. The Hall–Kier alpha value is -1.92. The number of ether oxygens (including phenoxy) is 1. The Kier molecular flexibility index (Phi) is 4.17. The van der Waals surface area contributed by atoms with E-state index in [4.69, 9.17) is 10.5 Å². The average Bonchev–Trinajstić information content (AvgIpc) is 2.91. The zero-order valence-electron chi connectivity index (χ0n) is 12.0. The SMILES string of the molecule is NC(=O)c1ccc2cnn(CCCN3CCOCC3)c2c1. The lowest BCUT2D eigenvalue weighted by Gasteiger charge is -2.26. The summed E-state index contributed by atoms with van der Waals surface area (Å²) in [5.74, 6) is -0.405. The van der Waals surface area contributed by atoms with Crippen LogP contribution in [0.2, 0.25) is 0 Å². The van der Waals surface area contributed by atoms with Gasteiger partial charge in [-0.25, -0.2) is 0 Å². The van der Waals surface area contributed by atoms with E-state index >= 15 is 0 Å². The van der Waals surface area contributed by atoms with Crippen molar-refractivity contribution in [2.45, 2.75) is 13.0 Å². The van der Waals surface area contributed by atoms with Gasteiger partial charge in [0.15, 0.2) is 0 Å². The first-order valence-electron chi connectivity index (χ1n) is 7.29. The maximum atomic E-state index is 11.3. The summed E-state index contributed by atoms with van der Waals surface area (Å²) < 4.78 is 7.29. The number of rotatable bonds is 5. The number of fused-ring (bicyclic) bond motifs is 1. The Bertz CT molecular complexity index is 632. The van der Waals surface area contributed by atoms with E-state index in [-0.39, 0.29) is 0 Å². The summed E-state index contributed by atoms with van der Waals surface area (Å²) in [5, 5.41) is 5.43. The van der Waals surface area contributed by atoms with Crippen LogP contribution in [0.4, 0.5) is 0 Å². The molecule has 0 unspecified atom stereocenters. The van der Waals surface area contributed by atoms with Crippen molar-refractivity contribution in [1.29, 1.82) is 0 Å². The van der Waals surface area contributed by atoms with Crippen LogP contribution in [-0.2, 0) is 11.3 Å². The number of nitrogens with zero attached hydrogens (tertiary/aromatic N) is 3. The van der Waals surface area contributed by atoms with E-state index < -0.39 is 5.91 Å². The maximum Gasteiger partial charge on any atom is 0.248 e. The van der Waals surface area contributed by atoms with Crippen molar-refractivity contribution < 1.29 is 9.53 Å². The molecule has 2 N–H and O–H groups in total. The molecule has 21 heavy (non-hydrogen) atoms. The van der Waals surface area contributed by atoms with Gasteiger partial charge in [0.1, 0.15) is 0 Å². The van der Waals surface area contributed by atoms with E-state index in [9.17, 15) is 4.79 Å². The van der Waals surface area contributed by atoms with Crippen LogP contribution in [0.5, 0.6) is 0 Å². The quantitative estimate of drug-likeness (QED) is 0.885. The molecule has 1 aromatic carbocycles. The van der Waals surface area contributed by atoms with Gasteiger partial charge in [0.25, 0.3) is 0 Å². The van der Waals surface area contributed by atoms with Crippen LogP contribution >= 0.6 is 0 Å². The normalized spacial score (nSPS) is 16.4. The molecule has 3 rings (SSSR count). The topological polar surface area (TPSA) is 73.4 Å². The molecule has 1 saturated heterocycles. The fourth-order valence-corrected chi connectivity index (χ4v) is 2.67. The Morgan fingerprint density at radius 2 is 2.10 bits per heavy atom. The summed E-state index contributed by atoms with van der Waals surface area (Å²) in [4.78, 5) is 13.7. The van der Waals surface area contributed by atoms with Crippen LogP contribution in [-0.4, -0.2) is 53.4 Å². The average molecular weight is 288 g/mol. The molecule has 0 bridgehead atoms. The number of hydrogen-bond donors (Lipinski definition) is 1. The third-order valence-corrected chi connectivity index (χ3v) is 3.88. The van der Waals surface area contributed by atoms with Gasteiger partial charge in [-0.3, -0.25) is 14.4 Å². The minimum Gasteiger partial charge on any atom is -0.379 e. The second-order valence-corrected chi connectivity index (χ2v) is 5.31. The monoisotopic (exact) mass is 288 g/mol. The second-order valence-electron chi connectivity index (χ2n) is 5.31. The number of carbonyl (C=O) groups is 1. The molecule has 1 aliphatic heterocycles. The molecule has 1 fully saturated rings. The molecule has 2 heterocycles. The highest BCUT2D eigenvalue weighted by Gasteiger charge is 2.10. The molecular formula is C15H20N4O2. The van der Waals surface area contributed by atoms with Gasteiger partial charge in [0.05, 0.1) is 24.9 Å². The molecule has 0 spiro atoms. The van der Waals surface area contributed by atoms with Crippen molar-refractivity contribution in [2.75, 3.05) is 32.8 Å². The van der Waals surface area contributed by atoms with Crippen LogP contribution in [0, 0.1) is 0 Å². The van der Waals surface area contributed by atoms with Gasteiger partial charge < -0.3 is 10.5 Å². The molecule has 2 aromatic rings. The summed E-state index contributed by atoms with van der Waals surface area (Å²) in [6.45, 7) is 5.54. The van der Waals surface area contributed by atoms with E-state index in [2.05, 4.69) is 10.00 Å². The molecule has 1 aliphatic rings. The minimum atomic E-state index is -0.405. The van der Waals surface area contributed by atoms with Gasteiger partial charge in [0.2, 0.25) is 5.91 Å². The zero-order valence-corrected chi connectivity index (χ0v) is 12.0. The summed E-state index contributed by atoms with van der Waals surface area (Å²) in [6, 6.07) is 5.45. The van der Waals surface area contributed by atoms with E-state index in [1.165, 1.54) is 0 Å². The summed E-state index contributed by atoms with van der Waals surface area (Å²) in [7, 11) is 0. The van der Waals surface area contributed by atoms with Gasteiger partial charge in [0, 0.05) is 37.1 Å². The van der Waals surface area contributed by atoms with Crippen LogP contribution in [0.1, 0.15) is 16.8 Å². The molecule has 0 atom stereocenters. The minimum absolute atomic E-state index is 0.405. The Morgan fingerprint density at radius 3 is 2.86 bits per heavy atom. The molecule has 6 heteroatoms. The zero-order chi connectivity index (χ0) is 14.7. The number of benzene rings is 1. The van der Waals surface area contributed by atoms with Crippen molar-refractivity contribution in [3.05, 3.63) is 30.0 Å². The Morgan fingerprint density at radius 1 is 1.29 bits per heavy atom. The number of morpholine rings is 1. The van der Waals surface area contributed by atoms with E-state index in [1.807, 2.05) is 23.0 Å². The fraction of sp³-hybridized carbons (Fsp3) is 0.467. The van der Waals surface area contributed by atoms with Gasteiger partial charge in [-0.1, -0.05) is 6.07 Å². The highest BCUT2D eigenvalue weighted by molar-refractivity contribution is 5.96. The standard InChI is InChI=1S/C15H20N4O2/c16-15(20)12-2-3-13-11-17-19(14(13)10-12)5-1-4-18-6-8-21-9-7-18/h2-3,10-11H,1,4-9H2,(H2,16,20). The van der Waals surface area contributed by atoms with E-state index in [0.717, 1.165) is 56.7 Å². The Labute approximate surface area is 123 Å². The molecular weight excluding hydrogens is 268 g/mol. The predicted molar refractivity (Wildman–Crippen MR) is 80.1 cm³/mol. The van der Waals surface area contributed by atoms with Crippen LogP contribution in [0.25, 0.3) is 10.9 Å². The molecule has 0 radical (unpaired) electrons. The fourth-order valence-electron chi connectivity index (χ4n) is 2.67. The lowest BCUT2D eigenvalue weighted by Crippen LogP contribution is -2.37. The lowest BCUT2D eigenvalue weighted by atomic mass is 10.1. The number of amides is 1. The second kappa shape index (κ2) is 6.24. The number of nitrogens with two attached hydrogens (primary N) is 1. The molecule has 1 aromatic heterocycles. The van der Waals surface area contributed by atoms with Gasteiger partial charge in [-0.05, 0) is 18.6 Å². The third-order valence-electron chi connectivity index (χ3n) is 3.88. The first kappa shape index (κ1) is 14.0. The lowest BCUT2D eigenvalue weighted by molar-refractivity contribution is 0.0368. The smallest absolute Gasteiger partial charge is 0.248 e. The number of hydrogen-bond acceptors (Lipinski definition) is 4. The van der Waals surface area contributed by atoms with Gasteiger partial charge in [-0.15, -0.1) is 0 Å². The first-order chi connectivity index (χ1) is 10.2. The molecule has 6 nitrogen and oxygen atoms in total. The summed E-state index contributed by atoms with van der Waals surface area (Å²) in [6.07, 6.45) is 2.85. The molecule has 0 saturated carbocycles. The number of aromatic nitrogens is 2. The molecule has 112 valence electrons. The summed E-state index contributed by atoms with van der Waals surface area (Å²) in [5.41, 5.74) is 6.83. The molecule has 1 amide bonds. The summed E-state index contributed by atoms with van der Waals surface area (Å²) >= 11 is 0. The third kappa shape index (κ3) is 3.22. The molecule has 0 aliphatic carbocycles. The number of primary amides is 1. The van der Waals surface area contributed by atoms with Crippen molar-refractivity contribution in [1.82, 2.24) is 14.7 Å². The van der Waals surface area contributed by atoms with E-state index in [1.54, 1.807) is 6.07 Å². The van der Waals surface area contributed by atoms with Crippen molar-refractivity contribution in [2.24, 2.45) is 5.73 Å². The van der Waals surface area contributed by atoms with Crippen molar-refractivity contribution in [3.8, 4) is 0 Å². The van der Waals surface area contributed by atoms with Crippen molar-refractivity contribution in [3.63, 3.8) is 0 Å². The highest BCUT2D eigenvalue weighted by Crippen LogP contribution is 2.16. The van der Waals surface area contributed by atoms with Gasteiger partial charge >= 0.3 is 0 Å². The van der Waals surface area contributed by atoms with Crippen molar-refractivity contribution >= 4 is 16.8 Å². The highest BCUT2D eigenvalue weighted by atomic mass is 16.5. The van der Waals surface area contributed by atoms with Crippen LogP contribution in [0.15, 0.2) is 24.4 Å². The van der Waals surface area contributed by atoms with Crippen LogP contribution in [0.3, 0.4) is 0 Å². The maximum absolute atomic E-state index is 11.3. The largest absolute Gasteiger partial charge is 0.379 e. The Balaban J connectivity index is 1.65.